The van der Waals surface area contributed by atoms with Crippen LogP contribution >= 0.6 is 0 Å². The van der Waals surface area contributed by atoms with Crippen LogP contribution in [0.3, 0.4) is 0 Å². The molecule has 4 heteroatoms. The number of para-hydroxylation sites is 2. The summed E-state index contributed by atoms with van der Waals surface area (Å²) in [5.74, 6) is 0.981. The Morgan fingerprint density at radius 3 is 2.83 bits per heavy atom. The zero-order valence-electron chi connectivity index (χ0n) is 10.7. The first kappa shape index (κ1) is 11.5. The molecule has 0 atom stereocenters. The SMILES string of the molecule is CN(c1nc2ccccc2n1CCO)C1CCC1. The molecule has 0 unspecified atom stereocenters. The van der Waals surface area contributed by atoms with E-state index < -0.39 is 0 Å². The number of aromatic nitrogens is 2. The second-order valence-corrected chi connectivity index (χ2v) is 4.97. The number of imidazole rings is 1. The molecule has 0 aliphatic heterocycles. The normalized spacial score (nSPS) is 15.9. The molecule has 1 aromatic heterocycles. The van der Waals surface area contributed by atoms with Gasteiger partial charge in [0.05, 0.1) is 17.6 Å². The van der Waals surface area contributed by atoms with Gasteiger partial charge in [-0.1, -0.05) is 12.1 Å². The Labute approximate surface area is 107 Å². The molecule has 96 valence electrons. The molecule has 1 aliphatic rings. The second kappa shape index (κ2) is 4.61. The lowest BCUT2D eigenvalue weighted by Gasteiger charge is -2.35. The molecule has 1 saturated carbocycles. The van der Waals surface area contributed by atoms with E-state index in [-0.39, 0.29) is 6.61 Å². The molecule has 0 saturated heterocycles. The van der Waals surface area contributed by atoms with Gasteiger partial charge in [0, 0.05) is 19.6 Å². The van der Waals surface area contributed by atoms with Gasteiger partial charge < -0.3 is 14.6 Å². The Hall–Kier alpha value is -1.55. The summed E-state index contributed by atoms with van der Waals surface area (Å²) in [7, 11) is 2.11. The molecule has 2 aromatic rings. The molecule has 1 heterocycles. The minimum Gasteiger partial charge on any atom is -0.395 e. The summed E-state index contributed by atoms with van der Waals surface area (Å²) in [5.41, 5.74) is 2.11. The highest BCUT2D eigenvalue weighted by Gasteiger charge is 2.25. The summed E-state index contributed by atoms with van der Waals surface area (Å²) in [4.78, 5) is 6.97. The lowest BCUT2D eigenvalue weighted by Crippen LogP contribution is -2.38. The number of nitrogens with zero attached hydrogens (tertiary/aromatic N) is 3. The molecule has 18 heavy (non-hydrogen) atoms. The summed E-state index contributed by atoms with van der Waals surface area (Å²) < 4.78 is 2.12. The maximum atomic E-state index is 9.25. The molecule has 0 amide bonds. The lowest BCUT2D eigenvalue weighted by atomic mass is 9.92. The fourth-order valence-electron chi connectivity index (χ4n) is 2.59. The molecule has 1 fully saturated rings. The van der Waals surface area contributed by atoms with E-state index in [0.717, 1.165) is 17.0 Å². The van der Waals surface area contributed by atoms with Crippen LogP contribution in [0.4, 0.5) is 5.95 Å². The number of benzene rings is 1. The number of rotatable bonds is 4. The van der Waals surface area contributed by atoms with Crippen molar-refractivity contribution in [1.82, 2.24) is 9.55 Å². The highest BCUT2D eigenvalue weighted by atomic mass is 16.3. The monoisotopic (exact) mass is 245 g/mol. The van der Waals surface area contributed by atoms with Crippen LogP contribution in [-0.2, 0) is 6.54 Å². The van der Waals surface area contributed by atoms with Gasteiger partial charge in [0.1, 0.15) is 0 Å². The fourth-order valence-corrected chi connectivity index (χ4v) is 2.59. The van der Waals surface area contributed by atoms with Gasteiger partial charge in [-0.05, 0) is 31.4 Å². The van der Waals surface area contributed by atoms with E-state index in [4.69, 9.17) is 4.98 Å². The standard InChI is InChI=1S/C14H19N3O/c1-16(11-5-4-6-11)14-15-12-7-2-3-8-13(12)17(14)9-10-18/h2-3,7-8,11,18H,4-6,9-10H2,1H3. The first-order valence-electron chi connectivity index (χ1n) is 6.60. The highest BCUT2D eigenvalue weighted by Crippen LogP contribution is 2.29. The second-order valence-electron chi connectivity index (χ2n) is 4.97. The zero-order valence-corrected chi connectivity index (χ0v) is 10.7. The molecular formula is C14H19N3O. The summed E-state index contributed by atoms with van der Waals surface area (Å²) in [6.45, 7) is 0.749. The van der Waals surface area contributed by atoms with Gasteiger partial charge in [-0.2, -0.15) is 0 Å². The van der Waals surface area contributed by atoms with Crippen LogP contribution in [0.1, 0.15) is 19.3 Å². The Morgan fingerprint density at radius 1 is 1.39 bits per heavy atom. The average molecular weight is 245 g/mol. The summed E-state index contributed by atoms with van der Waals surface area (Å²) in [6, 6.07) is 8.73. The van der Waals surface area contributed by atoms with Crippen molar-refractivity contribution in [2.24, 2.45) is 0 Å². The van der Waals surface area contributed by atoms with E-state index >= 15 is 0 Å². The third-order valence-corrected chi connectivity index (χ3v) is 3.90. The molecule has 0 spiro atoms. The minimum absolute atomic E-state index is 0.145. The van der Waals surface area contributed by atoms with Gasteiger partial charge in [-0.25, -0.2) is 4.98 Å². The number of fused-ring (bicyclic) bond motifs is 1. The average Bonchev–Trinajstić information content (AvgIpc) is 2.67. The Bertz CT molecular complexity index is 545. The van der Waals surface area contributed by atoms with Crippen molar-refractivity contribution in [3.05, 3.63) is 24.3 Å². The Balaban J connectivity index is 2.05. The van der Waals surface area contributed by atoms with Gasteiger partial charge in [0.25, 0.3) is 0 Å². The van der Waals surface area contributed by atoms with Crippen LogP contribution in [0.2, 0.25) is 0 Å². The van der Waals surface area contributed by atoms with Gasteiger partial charge >= 0.3 is 0 Å². The fraction of sp³-hybridized carbons (Fsp3) is 0.500. The van der Waals surface area contributed by atoms with E-state index in [0.29, 0.717) is 12.6 Å². The molecule has 3 rings (SSSR count). The minimum atomic E-state index is 0.145. The van der Waals surface area contributed by atoms with Gasteiger partial charge in [-0.3, -0.25) is 0 Å². The first-order chi connectivity index (χ1) is 8.81. The van der Waals surface area contributed by atoms with Crippen molar-refractivity contribution in [1.29, 1.82) is 0 Å². The smallest absolute Gasteiger partial charge is 0.206 e. The number of aliphatic hydroxyl groups is 1. The highest BCUT2D eigenvalue weighted by molar-refractivity contribution is 5.78. The van der Waals surface area contributed by atoms with E-state index in [9.17, 15) is 5.11 Å². The predicted octanol–water partition coefficient (Wildman–Crippen LogP) is 2.02. The summed E-state index contributed by atoms with van der Waals surface area (Å²) in [6.07, 6.45) is 3.81. The van der Waals surface area contributed by atoms with Gasteiger partial charge in [-0.15, -0.1) is 0 Å². The van der Waals surface area contributed by atoms with Crippen LogP contribution in [0.15, 0.2) is 24.3 Å². The lowest BCUT2D eigenvalue weighted by molar-refractivity contribution is 0.277. The molecule has 4 nitrogen and oxygen atoms in total. The quantitative estimate of drug-likeness (QED) is 0.896. The number of hydrogen-bond donors (Lipinski definition) is 1. The topological polar surface area (TPSA) is 41.3 Å². The van der Waals surface area contributed by atoms with Crippen molar-refractivity contribution in [2.45, 2.75) is 31.8 Å². The molecular weight excluding hydrogens is 226 g/mol. The van der Waals surface area contributed by atoms with E-state index in [2.05, 4.69) is 22.6 Å². The summed E-state index contributed by atoms with van der Waals surface area (Å²) >= 11 is 0. The summed E-state index contributed by atoms with van der Waals surface area (Å²) in [5, 5.41) is 9.25. The van der Waals surface area contributed by atoms with E-state index in [1.807, 2.05) is 18.2 Å². The van der Waals surface area contributed by atoms with Crippen LogP contribution in [-0.4, -0.2) is 34.4 Å². The van der Waals surface area contributed by atoms with Crippen molar-refractivity contribution < 1.29 is 5.11 Å². The molecule has 0 radical (unpaired) electrons. The maximum absolute atomic E-state index is 9.25. The third kappa shape index (κ3) is 1.77. The number of aliphatic hydroxyl groups excluding tert-OH is 1. The molecule has 1 aliphatic carbocycles. The van der Waals surface area contributed by atoms with Crippen molar-refractivity contribution in [3.63, 3.8) is 0 Å². The Morgan fingerprint density at radius 2 is 2.17 bits per heavy atom. The maximum Gasteiger partial charge on any atom is 0.206 e. The van der Waals surface area contributed by atoms with Crippen LogP contribution in [0.5, 0.6) is 0 Å². The van der Waals surface area contributed by atoms with Crippen molar-refractivity contribution >= 4 is 17.0 Å². The number of hydrogen-bond acceptors (Lipinski definition) is 3. The van der Waals surface area contributed by atoms with E-state index in [1.54, 1.807) is 0 Å². The molecule has 1 aromatic carbocycles. The largest absolute Gasteiger partial charge is 0.395 e. The van der Waals surface area contributed by atoms with Crippen LogP contribution in [0.25, 0.3) is 11.0 Å². The third-order valence-electron chi connectivity index (χ3n) is 3.90. The van der Waals surface area contributed by atoms with Crippen molar-refractivity contribution in [3.8, 4) is 0 Å². The molecule has 1 N–H and O–H groups in total. The van der Waals surface area contributed by atoms with E-state index in [1.165, 1.54) is 19.3 Å². The number of anilines is 1. The molecule has 0 bridgehead atoms. The van der Waals surface area contributed by atoms with Crippen molar-refractivity contribution in [2.75, 3.05) is 18.6 Å². The van der Waals surface area contributed by atoms with Crippen LogP contribution < -0.4 is 4.90 Å². The zero-order chi connectivity index (χ0) is 12.5. The Kier molecular flexibility index (Phi) is 2.96. The van der Waals surface area contributed by atoms with Crippen LogP contribution in [0, 0.1) is 0 Å². The van der Waals surface area contributed by atoms with Gasteiger partial charge in [0.2, 0.25) is 5.95 Å². The first-order valence-corrected chi connectivity index (χ1v) is 6.60. The van der Waals surface area contributed by atoms with Gasteiger partial charge in [0.15, 0.2) is 0 Å². The predicted molar refractivity (Wildman–Crippen MR) is 72.9 cm³/mol.